The molecule has 0 rings (SSSR count). The van der Waals surface area contributed by atoms with Crippen LogP contribution in [0.4, 0.5) is 0 Å². The standard InChI is InChI=1S/C3H8N2.C3H8/c1-2-5-3-4;1-3-2/h3H,2H2,1H3,(H2,4,5);3H2,1-2H3. The van der Waals surface area contributed by atoms with E-state index in [4.69, 9.17) is 5.73 Å². The Kier molecular flexibility index (Phi) is 21.0. The highest BCUT2D eigenvalue weighted by Gasteiger charge is 1.50. The molecule has 2 N–H and O–H groups in total. The van der Waals surface area contributed by atoms with E-state index in [-0.39, 0.29) is 0 Å². The molecule has 0 aromatic heterocycles. The average Bonchev–Trinajstić information content (AvgIpc) is 1.71. The van der Waals surface area contributed by atoms with E-state index in [1.54, 1.807) is 0 Å². The van der Waals surface area contributed by atoms with E-state index < -0.39 is 0 Å². The zero-order valence-electron chi connectivity index (χ0n) is 6.02. The van der Waals surface area contributed by atoms with Crippen LogP contribution in [-0.2, 0) is 0 Å². The molecule has 0 aliphatic rings. The fraction of sp³-hybridized carbons (Fsp3) is 0.833. The average molecular weight is 116 g/mol. The molecule has 2 heteroatoms. The van der Waals surface area contributed by atoms with Crippen LogP contribution in [0.15, 0.2) is 4.99 Å². The van der Waals surface area contributed by atoms with Crippen LogP contribution in [0, 0.1) is 0 Å². The lowest BCUT2D eigenvalue weighted by Crippen LogP contribution is -1.87. The maximum absolute atomic E-state index is 4.85. The summed E-state index contributed by atoms with van der Waals surface area (Å²) in [4.78, 5) is 3.62. The van der Waals surface area contributed by atoms with Crippen LogP contribution in [0.5, 0.6) is 0 Å². The van der Waals surface area contributed by atoms with Crippen molar-refractivity contribution in [3.8, 4) is 0 Å². The van der Waals surface area contributed by atoms with Gasteiger partial charge < -0.3 is 5.73 Å². The van der Waals surface area contributed by atoms with Crippen LogP contribution >= 0.6 is 0 Å². The largest absolute Gasteiger partial charge is 0.390 e. The van der Waals surface area contributed by atoms with Gasteiger partial charge in [-0.3, -0.25) is 4.99 Å². The smallest absolute Gasteiger partial charge is 0.0797 e. The SMILES string of the molecule is CCC.CCN=CN. The highest BCUT2D eigenvalue weighted by Crippen LogP contribution is 1.56. The third kappa shape index (κ3) is 50.6. The first-order valence-corrected chi connectivity index (χ1v) is 3.03. The number of aliphatic imine (C=N–C) groups is 1. The van der Waals surface area contributed by atoms with Crippen LogP contribution in [0.25, 0.3) is 0 Å². The summed E-state index contributed by atoms with van der Waals surface area (Å²) in [6.07, 6.45) is 2.56. The maximum atomic E-state index is 4.85. The third-order valence-electron chi connectivity index (χ3n) is 0.288. The fourth-order valence-electron chi connectivity index (χ4n) is 0.105. The number of nitrogens with two attached hydrogens (primary N) is 1. The minimum absolute atomic E-state index is 0.788. The minimum atomic E-state index is 0.788. The van der Waals surface area contributed by atoms with Gasteiger partial charge in [-0.15, -0.1) is 0 Å². The number of nitrogens with zero attached hydrogens (tertiary/aromatic N) is 1. The van der Waals surface area contributed by atoms with Gasteiger partial charge in [-0.1, -0.05) is 20.3 Å². The predicted molar refractivity (Wildman–Crippen MR) is 39.2 cm³/mol. The molecule has 0 fully saturated rings. The van der Waals surface area contributed by atoms with E-state index in [1.807, 2.05) is 6.92 Å². The molecule has 8 heavy (non-hydrogen) atoms. The Bertz CT molecular complexity index is 41.8. The van der Waals surface area contributed by atoms with E-state index >= 15 is 0 Å². The summed E-state index contributed by atoms with van der Waals surface area (Å²) in [5.74, 6) is 0. The van der Waals surface area contributed by atoms with E-state index in [2.05, 4.69) is 18.8 Å². The highest BCUT2D eigenvalue weighted by atomic mass is 14.8. The monoisotopic (exact) mass is 116 g/mol. The molecule has 0 radical (unpaired) electrons. The van der Waals surface area contributed by atoms with Gasteiger partial charge in [0.1, 0.15) is 0 Å². The van der Waals surface area contributed by atoms with Crippen molar-refractivity contribution in [1.29, 1.82) is 0 Å². The van der Waals surface area contributed by atoms with Crippen molar-refractivity contribution in [3.63, 3.8) is 0 Å². The Morgan fingerprint density at radius 2 is 1.75 bits per heavy atom. The lowest BCUT2D eigenvalue weighted by molar-refractivity contribution is 1.09. The summed E-state index contributed by atoms with van der Waals surface area (Å²) in [6.45, 7) is 6.97. The molecule has 0 unspecified atom stereocenters. The van der Waals surface area contributed by atoms with E-state index in [0.29, 0.717) is 0 Å². The van der Waals surface area contributed by atoms with Crippen LogP contribution in [0.3, 0.4) is 0 Å². The molecule has 0 heterocycles. The summed E-state index contributed by atoms with van der Waals surface area (Å²) in [5.41, 5.74) is 4.85. The van der Waals surface area contributed by atoms with Gasteiger partial charge in [-0.05, 0) is 6.92 Å². The lowest BCUT2D eigenvalue weighted by atomic mass is 10.6. The Labute approximate surface area is 51.8 Å². The van der Waals surface area contributed by atoms with Crippen molar-refractivity contribution >= 4 is 6.34 Å². The topological polar surface area (TPSA) is 38.4 Å². The molecule has 0 bridgehead atoms. The van der Waals surface area contributed by atoms with Crippen molar-refractivity contribution in [2.75, 3.05) is 6.54 Å². The summed E-state index contributed by atoms with van der Waals surface area (Å²) >= 11 is 0. The summed E-state index contributed by atoms with van der Waals surface area (Å²) in [7, 11) is 0. The van der Waals surface area contributed by atoms with Gasteiger partial charge >= 0.3 is 0 Å². The van der Waals surface area contributed by atoms with Gasteiger partial charge in [0.15, 0.2) is 0 Å². The Morgan fingerprint density at radius 1 is 1.38 bits per heavy atom. The molecule has 0 spiro atoms. The first kappa shape index (κ1) is 10.5. The third-order valence-corrected chi connectivity index (χ3v) is 0.288. The summed E-state index contributed by atoms with van der Waals surface area (Å²) in [6, 6.07) is 0. The van der Waals surface area contributed by atoms with Crippen LogP contribution in [0.1, 0.15) is 27.2 Å². The zero-order chi connectivity index (χ0) is 6.83. The number of hydrogen-bond acceptors (Lipinski definition) is 1. The van der Waals surface area contributed by atoms with E-state index in [9.17, 15) is 0 Å². The van der Waals surface area contributed by atoms with Crippen molar-refractivity contribution in [2.45, 2.75) is 27.2 Å². The zero-order valence-corrected chi connectivity index (χ0v) is 6.02. The van der Waals surface area contributed by atoms with Gasteiger partial charge in [0.05, 0.1) is 6.34 Å². The first-order valence-electron chi connectivity index (χ1n) is 3.03. The molecule has 2 nitrogen and oxygen atoms in total. The Hall–Kier alpha value is -0.530. The lowest BCUT2D eigenvalue weighted by Gasteiger charge is -1.68. The maximum Gasteiger partial charge on any atom is 0.0797 e. The quantitative estimate of drug-likeness (QED) is 0.408. The summed E-state index contributed by atoms with van der Waals surface area (Å²) in [5, 5.41) is 0. The molecule has 0 aromatic rings. The molecule has 0 aliphatic carbocycles. The molecular weight excluding hydrogens is 100 g/mol. The highest BCUT2D eigenvalue weighted by molar-refractivity contribution is 5.50. The Balaban J connectivity index is 0. The number of hydrogen-bond donors (Lipinski definition) is 1. The van der Waals surface area contributed by atoms with Gasteiger partial charge in [-0.25, -0.2) is 0 Å². The van der Waals surface area contributed by atoms with Gasteiger partial charge in [-0.2, -0.15) is 0 Å². The normalized spacial score (nSPS) is 8.38. The van der Waals surface area contributed by atoms with Crippen molar-refractivity contribution < 1.29 is 0 Å². The second-order valence-electron chi connectivity index (χ2n) is 1.35. The second kappa shape index (κ2) is 16.1. The molecule has 0 aliphatic heterocycles. The first-order chi connectivity index (χ1) is 3.83. The van der Waals surface area contributed by atoms with Crippen LogP contribution in [-0.4, -0.2) is 12.9 Å². The minimum Gasteiger partial charge on any atom is -0.390 e. The second-order valence-corrected chi connectivity index (χ2v) is 1.35. The fourth-order valence-corrected chi connectivity index (χ4v) is 0.105. The van der Waals surface area contributed by atoms with E-state index in [0.717, 1.165) is 6.54 Å². The molecule has 0 amide bonds. The van der Waals surface area contributed by atoms with Crippen molar-refractivity contribution in [2.24, 2.45) is 10.7 Å². The molecule has 50 valence electrons. The van der Waals surface area contributed by atoms with Crippen LogP contribution in [0.2, 0.25) is 0 Å². The molecule has 0 saturated heterocycles. The van der Waals surface area contributed by atoms with E-state index in [1.165, 1.54) is 12.8 Å². The van der Waals surface area contributed by atoms with Gasteiger partial charge in [0, 0.05) is 6.54 Å². The predicted octanol–water partition coefficient (Wildman–Crippen LogP) is 1.41. The van der Waals surface area contributed by atoms with Crippen molar-refractivity contribution in [1.82, 2.24) is 0 Å². The summed E-state index contributed by atoms with van der Waals surface area (Å²) < 4.78 is 0. The van der Waals surface area contributed by atoms with Crippen molar-refractivity contribution in [3.05, 3.63) is 0 Å². The molecule has 0 saturated carbocycles. The molecular formula is C6H16N2. The Morgan fingerprint density at radius 3 is 1.75 bits per heavy atom. The van der Waals surface area contributed by atoms with Crippen LogP contribution < -0.4 is 5.73 Å². The van der Waals surface area contributed by atoms with Gasteiger partial charge in [0.2, 0.25) is 0 Å². The molecule has 0 aromatic carbocycles. The van der Waals surface area contributed by atoms with Gasteiger partial charge in [0.25, 0.3) is 0 Å². The number of rotatable bonds is 1. The molecule has 0 atom stereocenters.